The van der Waals surface area contributed by atoms with Crippen LogP contribution in [-0.2, 0) is 4.79 Å². The van der Waals surface area contributed by atoms with Gasteiger partial charge in [0.25, 0.3) is 5.91 Å². The normalized spacial score (nSPS) is 13.2. The van der Waals surface area contributed by atoms with Crippen molar-refractivity contribution in [3.05, 3.63) is 45.9 Å². The minimum absolute atomic E-state index is 0.144. The van der Waals surface area contributed by atoms with Crippen LogP contribution in [-0.4, -0.2) is 21.9 Å². The van der Waals surface area contributed by atoms with E-state index in [1.165, 1.54) is 24.5 Å². The molecule has 0 bridgehead atoms. The second-order valence-corrected chi connectivity index (χ2v) is 6.30. The van der Waals surface area contributed by atoms with Crippen molar-refractivity contribution in [3.8, 4) is 0 Å². The fourth-order valence-corrected chi connectivity index (χ4v) is 2.78. The van der Waals surface area contributed by atoms with Gasteiger partial charge < -0.3 is 15.7 Å². The lowest BCUT2D eigenvalue weighted by Crippen LogP contribution is -2.26. The molecule has 0 fully saturated rings. The number of amides is 2. The second kappa shape index (κ2) is 7.34. The first kappa shape index (κ1) is 17.1. The van der Waals surface area contributed by atoms with Crippen molar-refractivity contribution in [2.75, 3.05) is 5.32 Å². The highest BCUT2D eigenvalue weighted by Gasteiger charge is 2.16. The minimum Gasteiger partial charge on any atom is -0.386 e. The van der Waals surface area contributed by atoms with Gasteiger partial charge in [0.2, 0.25) is 5.91 Å². The molecular weight excluding hydrogens is 314 g/mol. The monoisotopic (exact) mass is 333 g/mol. The summed E-state index contributed by atoms with van der Waals surface area (Å²) in [7, 11) is 0. The van der Waals surface area contributed by atoms with Gasteiger partial charge in [-0.1, -0.05) is 12.1 Å². The van der Waals surface area contributed by atoms with Crippen LogP contribution < -0.4 is 10.6 Å². The standard InChI is InChI=1S/C16H19N3O3S/c1-9(12-5-4-6-13(7-12)19-11(3)21)18-15(22)14-8-17-16(23-14)10(2)20/h4-10,20H,1-3H3,(H,18,22)(H,19,21)/t9-,10+/m0/s1. The van der Waals surface area contributed by atoms with Crippen molar-refractivity contribution >= 4 is 28.8 Å². The lowest BCUT2D eigenvalue weighted by atomic mass is 10.1. The van der Waals surface area contributed by atoms with Crippen molar-refractivity contribution in [1.29, 1.82) is 0 Å². The highest BCUT2D eigenvalue weighted by Crippen LogP contribution is 2.21. The van der Waals surface area contributed by atoms with Gasteiger partial charge in [-0.3, -0.25) is 9.59 Å². The van der Waals surface area contributed by atoms with Crippen molar-refractivity contribution < 1.29 is 14.7 Å². The molecule has 122 valence electrons. The molecule has 2 rings (SSSR count). The molecule has 1 heterocycles. The summed E-state index contributed by atoms with van der Waals surface area (Å²) >= 11 is 1.17. The number of thiazole rings is 1. The van der Waals surface area contributed by atoms with Crippen molar-refractivity contribution in [3.63, 3.8) is 0 Å². The Bertz CT molecular complexity index is 712. The molecule has 0 aliphatic heterocycles. The third-order valence-electron chi connectivity index (χ3n) is 3.16. The summed E-state index contributed by atoms with van der Waals surface area (Å²) in [5.41, 5.74) is 1.56. The van der Waals surface area contributed by atoms with Crippen LogP contribution in [0.1, 0.15) is 53.2 Å². The van der Waals surface area contributed by atoms with Gasteiger partial charge in [-0.05, 0) is 31.5 Å². The minimum atomic E-state index is -0.687. The summed E-state index contributed by atoms with van der Waals surface area (Å²) in [6.45, 7) is 4.92. The van der Waals surface area contributed by atoms with Crippen LogP contribution in [0.3, 0.4) is 0 Å². The first-order chi connectivity index (χ1) is 10.9. The largest absolute Gasteiger partial charge is 0.386 e. The summed E-state index contributed by atoms with van der Waals surface area (Å²) in [5.74, 6) is -0.388. The number of hydrogen-bond donors (Lipinski definition) is 3. The first-order valence-electron chi connectivity index (χ1n) is 7.19. The summed E-state index contributed by atoms with van der Waals surface area (Å²) in [5, 5.41) is 15.6. The number of nitrogens with one attached hydrogen (secondary N) is 2. The van der Waals surface area contributed by atoms with Gasteiger partial charge in [0.05, 0.1) is 12.2 Å². The smallest absolute Gasteiger partial charge is 0.263 e. The molecule has 0 aliphatic carbocycles. The van der Waals surface area contributed by atoms with Gasteiger partial charge in [0.15, 0.2) is 0 Å². The molecule has 6 nitrogen and oxygen atoms in total. The number of carbonyl (C=O) groups excluding carboxylic acids is 2. The average molecular weight is 333 g/mol. The summed E-state index contributed by atoms with van der Waals surface area (Å²) in [4.78, 5) is 27.8. The van der Waals surface area contributed by atoms with Gasteiger partial charge in [-0.2, -0.15) is 0 Å². The lowest BCUT2D eigenvalue weighted by molar-refractivity contribution is -0.114. The Morgan fingerprint density at radius 3 is 2.65 bits per heavy atom. The van der Waals surface area contributed by atoms with E-state index in [1.807, 2.05) is 25.1 Å². The Morgan fingerprint density at radius 1 is 1.30 bits per heavy atom. The van der Waals surface area contributed by atoms with Crippen LogP contribution in [0.2, 0.25) is 0 Å². The number of nitrogens with zero attached hydrogens (tertiary/aromatic N) is 1. The Hall–Kier alpha value is -2.25. The lowest BCUT2D eigenvalue weighted by Gasteiger charge is -2.15. The molecule has 0 saturated heterocycles. The number of benzene rings is 1. The number of anilines is 1. The van der Waals surface area contributed by atoms with Crippen LogP contribution in [0.4, 0.5) is 5.69 Å². The van der Waals surface area contributed by atoms with Gasteiger partial charge in [0.1, 0.15) is 16.0 Å². The number of carbonyl (C=O) groups is 2. The van der Waals surface area contributed by atoms with Crippen molar-refractivity contribution in [1.82, 2.24) is 10.3 Å². The average Bonchev–Trinajstić information content (AvgIpc) is 2.97. The highest BCUT2D eigenvalue weighted by atomic mass is 32.1. The predicted molar refractivity (Wildman–Crippen MR) is 89.4 cm³/mol. The number of aromatic nitrogens is 1. The second-order valence-electron chi connectivity index (χ2n) is 5.24. The third kappa shape index (κ3) is 4.61. The SMILES string of the molecule is CC(=O)Nc1cccc([C@H](C)NC(=O)c2cnc([C@@H](C)O)s2)c1. The molecular formula is C16H19N3O3S. The molecule has 2 atom stereocenters. The molecule has 7 heteroatoms. The molecule has 1 aromatic carbocycles. The van der Waals surface area contributed by atoms with E-state index in [0.717, 1.165) is 5.56 Å². The Labute approximate surface area is 138 Å². The number of aliphatic hydroxyl groups is 1. The van der Waals surface area contributed by atoms with E-state index in [1.54, 1.807) is 13.0 Å². The molecule has 1 aromatic heterocycles. The topological polar surface area (TPSA) is 91.3 Å². The van der Waals surface area contributed by atoms with Crippen LogP contribution in [0, 0.1) is 0 Å². The summed E-state index contributed by atoms with van der Waals surface area (Å²) in [6, 6.07) is 7.08. The molecule has 3 N–H and O–H groups in total. The Balaban J connectivity index is 2.07. The van der Waals surface area contributed by atoms with E-state index in [-0.39, 0.29) is 17.9 Å². The van der Waals surface area contributed by atoms with Crippen LogP contribution in [0.25, 0.3) is 0 Å². The predicted octanol–water partition coefficient (Wildman–Crippen LogP) is 2.65. The summed E-state index contributed by atoms with van der Waals surface area (Å²) in [6.07, 6.45) is 0.774. The van der Waals surface area contributed by atoms with E-state index < -0.39 is 6.10 Å². The van der Waals surface area contributed by atoms with Gasteiger partial charge in [0, 0.05) is 12.6 Å². The van der Waals surface area contributed by atoms with Crippen LogP contribution in [0.15, 0.2) is 30.5 Å². The number of hydrogen-bond acceptors (Lipinski definition) is 5. The molecule has 0 unspecified atom stereocenters. The van der Waals surface area contributed by atoms with E-state index in [0.29, 0.717) is 15.6 Å². The molecule has 0 saturated carbocycles. The molecule has 0 spiro atoms. The molecule has 0 radical (unpaired) electrons. The fraction of sp³-hybridized carbons (Fsp3) is 0.312. The van der Waals surface area contributed by atoms with E-state index >= 15 is 0 Å². The van der Waals surface area contributed by atoms with Crippen molar-refractivity contribution in [2.24, 2.45) is 0 Å². The quantitative estimate of drug-likeness (QED) is 0.784. The van der Waals surface area contributed by atoms with Crippen molar-refractivity contribution in [2.45, 2.75) is 32.9 Å². The maximum atomic E-state index is 12.2. The van der Waals surface area contributed by atoms with Crippen LogP contribution in [0.5, 0.6) is 0 Å². The van der Waals surface area contributed by atoms with Gasteiger partial charge in [-0.15, -0.1) is 11.3 Å². The molecule has 2 aromatic rings. The maximum Gasteiger partial charge on any atom is 0.263 e. The molecule has 2 amide bonds. The van der Waals surface area contributed by atoms with Gasteiger partial charge in [-0.25, -0.2) is 4.98 Å². The van der Waals surface area contributed by atoms with E-state index in [4.69, 9.17) is 0 Å². The fourth-order valence-electron chi connectivity index (χ4n) is 2.03. The Kier molecular flexibility index (Phi) is 5.46. The zero-order valence-electron chi connectivity index (χ0n) is 13.2. The zero-order chi connectivity index (χ0) is 17.0. The van der Waals surface area contributed by atoms with Crippen LogP contribution >= 0.6 is 11.3 Å². The molecule has 23 heavy (non-hydrogen) atoms. The maximum absolute atomic E-state index is 12.2. The van der Waals surface area contributed by atoms with Gasteiger partial charge >= 0.3 is 0 Å². The first-order valence-corrected chi connectivity index (χ1v) is 8.00. The third-order valence-corrected chi connectivity index (χ3v) is 4.33. The molecule has 0 aliphatic rings. The number of rotatable bonds is 5. The summed E-state index contributed by atoms with van der Waals surface area (Å²) < 4.78 is 0. The van der Waals surface area contributed by atoms with E-state index in [9.17, 15) is 14.7 Å². The Morgan fingerprint density at radius 2 is 2.04 bits per heavy atom. The zero-order valence-corrected chi connectivity index (χ0v) is 14.0. The highest BCUT2D eigenvalue weighted by molar-refractivity contribution is 7.13. The van der Waals surface area contributed by atoms with E-state index in [2.05, 4.69) is 15.6 Å². The number of aliphatic hydroxyl groups excluding tert-OH is 1.